The minimum Gasteiger partial charge on any atom is -0.305 e. The van der Waals surface area contributed by atoms with Gasteiger partial charge in [0.1, 0.15) is 0 Å². The van der Waals surface area contributed by atoms with E-state index < -0.39 is 11.2 Å². The molecule has 0 aliphatic rings. The first-order valence-electron chi connectivity index (χ1n) is 6.20. The Morgan fingerprint density at radius 1 is 1.05 bits per heavy atom. The molecule has 5 nitrogen and oxygen atoms in total. The van der Waals surface area contributed by atoms with E-state index in [9.17, 15) is 9.59 Å². The lowest BCUT2D eigenvalue weighted by Gasteiger charge is -2.01. The molecule has 0 fully saturated rings. The molecule has 0 saturated carbocycles. The summed E-state index contributed by atoms with van der Waals surface area (Å²) < 4.78 is 1.65. The third-order valence-corrected chi connectivity index (χ3v) is 3.72. The minimum absolute atomic E-state index is 0.418. The predicted molar refractivity (Wildman–Crippen MR) is 86.0 cm³/mol. The fraction of sp³-hybridized carbons (Fsp3) is 0. The maximum atomic E-state index is 12.3. The summed E-state index contributed by atoms with van der Waals surface area (Å²) in [6.45, 7) is 0. The number of para-hydroxylation sites is 1. The van der Waals surface area contributed by atoms with E-state index in [-0.39, 0.29) is 0 Å². The molecule has 0 bridgehead atoms. The molecule has 0 aliphatic carbocycles. The summed E-state index contributed by atoms with van der Waals surface area (Å²) in [6, 6.07) is 14.2. The van der Waals surface area contributed by atoms with E-state index in [2.05, 4.69) is 26.0 Å². The number of hydrogen-bond donors (Lipinski definition) is 1. The number of fused-ring (bicyclic) bond motifs is 1. The lowest BCUT2D eigenvalue weighted by atomic mass is 10.2. The van der Waals surface area contributed by atoms with Gasteiger partial charge in [0, 0.05) is 10.0 Å². The molecule has 1 N–H and O–H groups in total. The molecule has 3 rings (SSSR count). The van der Waals surface area contributed by atoms with Gasteiger partial charge in [-0.1, -0.05) is 46.3 Å². The normalized spacial score (nSPS) is 11.3. The molecule has 104 valence electrons. The Hall–Kier alpha value is -2.47. The Morgan fingerprint density at radius 2 is 1.76 bits per heavy atom. The van der Waals surface area contributed by atoms with Crippen molar-refractivity contribution >= 4 is 33.0 Å². The molecule has 0 radical (unpaired) electrons. The van der Waals surface area contributed by atoms with Crippen molar-refractivity contribution in [1.29, 1.82) is 0 Å². The molecule has 0 atom stereocenters. The third kappa shape index (κ3) is 2.57. The van der Waals surface area contributed by atoms with Gasteiger partial charge in [0.2, 0.25) is 0 Å². The van der Waals surface area contributed by atoms with Crippen LogP contribution in [0.15, 0.2) is 67.7 Å². The van der Waals surface area contributed by atoms with Crippen molar-refractivity contribution in [2.45, 2.75) is 0 Å². The van der Waals surface area contributed by atoms with Crippen LogP contribution in [0.25, 0.3) is 10.9 Å². The Bertz CT molecular complexity index is 957. The quantitative estimate of drug-likeness (QED) is 0.725. The fourth-order valence-corrected chi connectivity index (χ4v) is 2.34. The Kier molecular flexibility index (Phi) is 3.53. The van der Waals surface area contributed by atoms with Gasteiger partial charge in [-0.05, 0) is 18.2 Å². The molecule has 3 aromatic rings. The zero-order valence-corrected chi connectivity index (χ0v) is 12.4. The highest BCUT2D eigenvalue weighted by Crippen LogP contribution is 2.13. The number of aromatic amines is 1. The van der Waals surface area contributed by atoms with E-state index in [0.29, 0.717) is 10.9 Å². The second-order valence-electron chi connectivity index (χ2n) is 4.36. The maximum Gasteiger partial charge on any atom is 0.349 e. The van der Waals surface area contributed by atoms with E-state index >= 15 is 0 Å². The zero-order chi connectivity index (χ0) is 14.8. The highest BCUT2D eigenvalue weighted by atomic mass is 79.9. The molecule has 0 aliphatic heterocycles. The van der Waals surface area contributed by atoms with Gasteiger partial charge in [-0.25, -0.2) is 4.79 Å². The lowest BCUT2D eigenvalue weighted by molar-refractivity contribution is 0.771. The summed E-state index contributed by atoms with van der Waals surface area (Å²) in [5.74, 6) is 0. The Labute approximate surface area is 127 Å². The van der Waals surface area contributed by atoms with E-state index in [4.69, 9.17) is 0 Å². The molecule has 0 spiro atoms. The number of hydrogen-bond acceptors (Lipinski definition) is 3. The second kappa shape index (κ2) is 5.49. The van der Waals surface area contributed by atoms with Gasteiger partial charge in [-0.2, -0.15) is 5.10 Å². The van der Waals surface area contributed by atoms with Gasteiger partial charge in [-0.15, -0.1) is 4.68 Å². The molecule has 0 unspecified atom stereocenters. The van der Waals surface area contributed by atoms with Gasteiger partial charge >= 0.3 is 5.69 Å². The van der Waals surface area contributed by atoms with Crippen molar-refractivity contribution < 1.29 is 0 Å². The summed E-state index contributed by atoms with van der Waals surface area (Å²) in [6.07, 6.45) is 1.47. The number of rotatable bonds is 2. The Morgan fingerprint density at radius 3 is 2.57 bits per heavy atom. The summed E-state index contributed by atoms with van der Waals surface area (Å²) in [5, 5.41) is 4.41. The molecule has 1 aromatic heterocycles. The zero-order valence-electron chi connectivity index (χ0n) is 10.8. The first-order chi connectivity index (χ1) is 10.2. The number of halogens is 1. The van der Waals surface area contributed by atoms with Gasteiger partial charge in [-0.3, -0.25) is 4.79 Å². The topological polar surface area (TPSA) is 67.2 Å². The summed E-state index contributed by atoms with van der Waals surface area (Å²) >= 11 is 3.38. The molecule has 0 saturated heterocycles. The molecular formula is C15H10BrN3O2. The molecule has 2 aromatic carbocycles. The van der Waals surface area contributed by atoms with Crippen molar-refractivity contribution in [3.8, 4) is 0 Å². The molecule has 0 amide bonds. The summed E-state index contributed by atoms with van der Waals surface area (Å²) in [4.78, 5) is 26.8. The van der Waals surface area contributed by atoms with Crippen LogP contribution >= 0.6 is 15.9 Å². The van der Waals surface area contributed by atoms with Crippen LogP contribution in [-0.4, -0.2) is 15.9 Å². The van der Waals surface area contributed by atoms with E-state index in [1.807, 2.05) is 24.3 Å². The van der Waals surface area contributed by atoms with E-state index in [1.165, 1.54) is 6.21 Å². The highest BCUT2D eigenvalue weighted by molar-refractivity contribution is 9.10. The van der Waals surface area contributed by atoms with E-state index in [1.54, 1.807) is 24.3 Å². The first-order valence-corrected chi connectivity index (χ1v) is 6.99. The van der Waals surface area contributed by atoms with Crippen LogP contribution in [0.3, 0.4) is 0 Å². The van der Waals surface area contributed by atoms with Crippen molar-refractivity contribution in [3.63, 3.8) is 0 Å². The van der Waals surface area contributed by atoms with Crippen molar-refractivity contribution in [2.75, 3.05) is 0 Å². The highest BCUT2D eigenvalue weighted by Gasteiger charge is 2.05. The van der Waals surface area contributed by atoms with Crippen LogP contribution < -0.4 is 11.2 Å². The number of nitrogens with zero attached hydrogens (tertiary/aromatic N) is 2. The summed E-state index contributed by atoms with van der Waals surface area (Å²) in [7, 11) is 0. The third-order valence-electron chi connectivity index (χ3n) is 3.00. The molecule has 6 heteroatoms. The number of aromatic nitrogens is 2. The predicted octanol–water partition coefficient (Wildman–Crippen LogP) is 2.33. The molecule has 21 heavy (non-hydrogen) atoms. The average molecular weight is 344 g/mol. The van der Waals surface area contributed by atoms with Crippen molar-refractivity contribution in [2.24, 2.45) is 5.10 Å². The first kappa shape index (κ1) is 13.5. The van der Waals surface area contributed by atoms with Crippen LogP contribution in [-0.2, 0) is 0 Å². The Balaban J connectivity index is 2.16. The van der Waals surface area contributed by atoms with Crippen LogP contribution in [0, 0.1) is 0 Å². The van der Waals surface area contributed by atoms with Crippen LogP contribution in [0.5, 0.6) is 0 Å². The standard InChI is InChI=1S/C15H10BrN3O2/c16-12-7-3-1-5-10(12)9-17-19-14(20)11-6-2-4-8-13(11)18-15(19)21/h1-9H,(H,18,21). The molecular weight excluding hydrogens is 334 g/mol. The summed E-state index contributed by atoms with van der Waals surface area (Å²) in [5.41, 5.74) is 0.261. The second-order valence-corrected chi connectivity index (χ2v) is 5.21. The van der Waals surface area contributed by atoms with Crippen molar-refractivity contribution in [1.82, 2.24) is 9.66 Å². The largest absolute Gasteiger partial charge is 0.349 e. The number of nitrogens with one attached hydrogen (secondary N) is 1. The lowest BCUT2D eigenvalue weighted by Crippen LogP contribution is -2.32. The van der Waals surface area contributed by atoms with Crippen LogP contribution in [0.4, 0.5) is 0 Å². The van der Waals surface area contributed by atoms with Gasteiger partial charge in [0.05, 0.1) is 17.1 Å². The van der Waals surface area contributed by atoms with Crippen molar-refractivity contribution in [3.05, 3.63) is 79.4 Å². The fourth-order valence-electron chi connectivity index (χ4n) is 1.96. The SMILES string of the molecule is O=c1[nH]c2ccccc2c(=O)n1N=Cc1ccccc1Br. The molecule has 1 heterocycles. The van der Waals surface area contributed by atoms with Gasteiger partial charge in [0.15, 0.2) is 0 Å². The van der Waals surface area contributed by atoms with Gasteiger partial charge < -0.3 is 4.98 Å². The number of benzene rings is 2. The van der Waals surface area contributed by atoms with E-state index in [0.717, 1.165) is 14.7 Å². The van der Waals surface area contributed by atoms with Gasteiger partial charge in [0.25, 0.3) is 5.56 Å². The maximum absolute atomic E-state index is 12.3. The van der Waals surface area contributed by atoms with Crippen LogP contribution in [0.2, 0.25) is 0 Å². The minimum atomic E-state index is -0.568. The number of H-pyrrole nitrogens is 1. The smallest absolute Gasteiger partial charge is 0.305 e. The average Bonchev–Trinajstić information content (AvgIpc) is 2.49. The monoisotopic (exact) mass is 343 g/mol. The van der Waals surface area contributed by atoms with Crippen LogP contribution in [0.1, 0.15) is 5.56 Å².